The average Bonchev–Trinajstić information content (AvgIpc) is 3.36. The van der Waals surface area contributed by atoms with Crippen LogP contribution in [-0.2, 0) is 32.7 Å². The van der Waals surface area contributed by atoms with E-state index in [-0.39, 0.29) is 32.0 Å². The number of nitrogens with zero attached hydrogens (tertiary/aromatic N) is 1. The van der Waals surface area contributed by atoms with Gasteiger partial charge in [-0.2, -0.15) is 0 Å². The van der Waals surface area contributed by atoms with Crippen LogP contribution in [0.25, 0.3) is 0 Å². The molecule has 0 aliphatic carbocycles. The SMILES string of the molecule is CC/C=C\C/C=C\C/C=C\C/C=C\CCCCCCCCCCCCCCCCCCCCCCCCC(=O)OC(COC(=O)CCCCCCC/C=C\CCCCCCCC)COP(=O)(O)OCC[N+](C)(C)C. The molecule has 2 unspecified atom stereocenters. The fourth-order valence-electron chi connectivity index (χ4n) is 8.77. The number of unbranched alkanes of at least 4 members (excludes halogenated alkanes) is 33. The average molecular weight is 1060 g/mol. The quantitative estimate of drug-likeness (QED) is 0.0211. The van der Waals surface area contributed by atoms with Crippen molar-refractivity contribution in [2.75, 3.05) is 47.5 Å². The highest BCUT2D eigenvalue weighted by Crippen LogP contribution is 2.43. The molecule has 0 heterocycles. The van der Waals surface area contributed by atoms with Crippen LogP contribution in [0.1, 0.15) is 284 Å². The van der Waals surface area contributed by atoms with Gasteiger partial charge in [0, 0.05) is 12.8 Å². The van der Waals surface area contributed by atoms with Crippen molar-refractivity contribution in [2.24, 2.45) is 0 Å². The molecule has 0 aromatic heterocycles. The zero-order chi connectivity index (χ0) is 54.2. The number of ether oxygens (including phenoxy) is 2. The third kappa shape index (κ3) is 59.0. The van der Waals surface area contributed by atoms with Crippen LogP contribution in [0.2, 0.25) is 0 Å². The van der Waals surface area contributed by atoms with Crippen LogP contribution in [0, 0.1) is 0 Å². The van der Waals surface area contributed by atoms with Crippen LogP contribution < -0.4 is 0 Å². The van der Waals surface area contributed by atoms with Gasteiger partial charge < -0.3 is 18.9 Å². The molecular formula is C64H119NO8P+. The zero-order valence-corrected chi connectivity index (χ0v) is 50.0. The molecule has 0 fully saturated rings. The lowest BCUT2D eigenvalue weighted by molar-refractivity contribution is -0.870. The Labute approximate surface area is 457 Å². The van der Waals surface area contributed by atoms with Crippen molar-refractivity contribution in [1.29, 1.82) is 0 Å². The first-order chi connectivity index (χ1) is 36.0. The number of allylic oxidation sites excluding steroid dienone is 10. The van der Waals surface area contributed by atoms with E-state index in [9.17, 15) is 19.0 Å². The number of carbonyl (C=O) groups excluding carboxylic acids is 2. The van der Waals surface area contributed by atoms with E-state index >= 15 is 0 Å². The lowest BCUT2D eigenvalue weighted by atomic mass is 10.0. The summed E-state index contributed by atoms with van der Waals surface area (Å²) in [6.07, 6.45) is 71.7. The van der Waals surface area contributed by atoms with E-state index in [1.54, 1.807) is 0 Å². The molecule has 0 aliphatic rings. The maximum absolute atomic E-state index is 12.8. The van der Waals surface area contributed by atoms with Crippen LogP contribution in [-0.4, -0.2) is 74.9 Å². The smallest absolute Gasteiger partial charge is 0.462 e. The van der Waals surface area contributed by atoms with Gasteiger partial charge in [-0.25, -0.2) is 4.57 Å². The summed E-state index contributed by atoms with van der Waals surface area (Å²) in [4.78, 5) is 35.7. The van der Waals surface area contributed by atoms with Crippen molar-refractivity contribution in [2.45, 2.75) is 290 Å². The molecule has 1 N–H and O–H groups in total. The van der Waals surface area contributed by atoms with Crippen molar-refractivity contribution in [3.8, 4) is 0 Å². The van der Waals surface area contributed by atoms with E-state index in [0.29, 0.717) is 17.4 Å². The van der Waals surface area contributed by atoms with Gasteiger partial charge in [-0.15, -0.1) is 0 Å². The van der Waals surface area contributed by atoms with Gasteiger partial charge in [-0.05, 0) is 77.0 Å². The second-order valence-corrected chi connectivity index (χ2v) is 23.5. The summed E-state index contributed by atoms with van der Waals surface area (Å²) in [5, 5.41) is 0. The molecule has 0 radical (unpaired) electrons. The molecule has 0 aromatic rings. The molecule has 0 spiro atoms. The van der Waals surface area contributed by atoms with E-state index in [2.05, 4.69) is 74.6 Å². The first kappa shape index (κ1) is 71.7. The summed E-state index contributed by atoms with van der Waals surface area (Å²) in [7, 11) is 1.48. The van der Waals surface area contributed by atoms with Gasteiger partial charge in [0.05, 0.1) is 27.7 Å². The highest BCUT2D eigenvalue weighted by molar-refractivity contribution is 7.47. The second-order valence-electron chi connectivity index (χ2n) is 22.1. The number of carbonyl (C=O) groups is 2. The lowest BCUT2D eigenvalue weighted by Gasteiger charge is -2.24. The van der Waals surface area contributed by atoms with Gasteiger partial charge in [-0.3, -0.25) is 18.6 Å². The van der Waals surface area contributed by atoms with Crippen LogP contribution in [0.4, 0.5) is 0 Å². The number of rotatable bonds is 57. The molecule has 0 rings (SSSR count). The number of quaternary nitrogens is 1. The van der Waals surface area contributed by atoms with Gasteiger partial charge in [0.25, 0.3) is 0 Å². The molecule has 0 bridgehead atoms. The number of hydrogen-bond acceptors (Lipinski definition) is 7. The van der Waals surface area contributed by atoms with Crippen molar-refractivity contribution < 1.29 is 42.1 Å². The molecule has 74 heavy (non-hydrogen) atoms. The summed E-state index contributed by atoms with van der Waals surface area (Å²) in [6.45, 7) is 4.34. The minimum Gasteiger partial charge on any atom is -0.462 e. The third-order valence-corrected chi connectivity index (χ3v) is 14.5. The Kier molecular flexibility index (Phi) is 53.7. The number of esters is 2. The Balaban J connectivity index is 3.98. The van der Waals surface area contributed by atoms with E-state index < -0.39 is 26.5 Å². The van der Waals surface area contributed by atoms with Crippen LogP contribution >= 0.6 is 7.82 Å². The molecule has 0 amide bonds. The summed E-state index contributed by atoms with van der Waals surface area (Å²) in [5.74, 6) is -0.796. The van der Waals surface area contributed by atoms with E-state index in [0.717, 1.165) is 77.0 Å². The molecule has 9 nitrogen and oxygen atoms in total. The van der Waals surface area contributed by atoms with E-state index in [1.165, 1.54) is 173 Å². The molecule has 10 heteroatoms. The monoisotopic (exact) mass is 1060 g/mol. The molecule has 0 saturated heterocycles. The Morgan fingerprint density at radius 2 is 0.770 bits per heavy atom. The van der Waals surface area contributed by atoms with Gasteiger partial charge in [0.15, 0.2) is 6.10 Å². The van der Waals surface area contributed by atoms with Crippen molar-refractivity contribution in [1.82, 2.24) is 0 Å². The van der Waals surface area contributed by atoms with Crippen LogP contribution in [0.15, 0.2) is 60.8 Å². The van der Waals surface area contributed by atoms with E-state index in [1.807, 2.05) is 21.1 Å². The fourth-order valence-corrected chi connectivity index (χ4v) is 9.51. The zero-order valence-electron chi connectivity index (χ0n) is 49.1. The number of hydrogen-bond donors (Lipinski definition) is 1. The van der Waals surface area contributed by atoms with Crippen LogP contribution in [0.3, 0.4) is 0 Å². The van der Waals surface area contributed by atoms with E-state index in [4.69, 9.17) is 18.5 Å². The molecular weight excluding hydrogens is 942 g/mol. The van der Waals surface area contributed by atoms with Crippen molar-refractivity contribution in [3.05, 3.63) is 60.8 Å². The summed E-state index contributed by atoms with van der Waals surface area (Å²) >= 11 is 0. The Morgan fingerprint density at radius 3 is 1.16 bits per heavy atom. The van der Waals surface area contributed by atoms with Crippen LogP contribution in [0.5, 0.6) is 0 Å². The Bertz CT molecular complexity index is 1430. The minimum atomic E-state index is -4.39. The molecule has 0 aliphatic heterocycles. The first-order valence-electron chi connectivity index (χ1n) is 31.0. The fraction of sp³-hybridized carbons (Fsp3) is 0.812. The third-order valence-electron chi connectivity index (χ3n) is 13.5. The molecule has 0 saturated carbocycles. The van der Waals surface area contributed by atoms with Gasteiger partial charge in [-0.1, -0.05) is 254 Å². The maximum atomic E-state index is 12.8. The predicted molar refractivity (Wildman–Crippen MR) is 316 cm³/mol. The number of likely N-dealkylation sites (N-methyl/N-ethyl adjacent to an activating group) is 1. The normalized spacial score (nSPS) is 13.6. The molecule has 432 valence electrons. The van der Waals surface area contributed by atoms with Crippen molar-refractivity contribution >= 4 is 19.8 Å². The van der Waals surface area contributed by atoms with Gasteiger partial charge >= 0.3 is 19.8 Å². The van der Waals surface area contributed by atoms with Crippen molar-refractivity contribution in [3.63, 3.8) is 0 Å². The predicted octanol–water partition coefficient (Wildman–Crippen LogP) is 19.5. The number of phosphoric acid groups is 1. The highest BCUT2D eigenvalue weighted by atomic mass is 31.2. The molecule has 2 atom stereocenters. The standard InChI is InChI=1S/C64H118NO8P/c1-6-8-10-12-14-16-18-20-22-23-24-25-26-27-28-29-30-31-32-33-34-35-36-37-38-39-40-41-43-45-47-49-51-53-55-57-64(67)73-62(61-72-74(68,69)71-59-58-65(3,4)5)60-70-63(66)56-54-52-50-48-46-44-42-21-19-17-15-13-11-9-7-2/h8,10,14,16,20-22,24-25,42,62H,6-7,9,11-13,15,17-19,23,26-41,43-61H2,1-5H3/p+1/b10-8-,16-14-,22-20-,25-24-,42-21-. The lowest BCUT2D eigenvalue weighted by Crippen LogP contribution is -2.37. The highest BCUT2D eigenvalue weighted by Gasteiger charge is 2.27. The summed E-state index contributed by atoms with van der Waals surface area (Å²) < 4.78 is 34.6. The second kappa shape index (κ2) is 55.5. The first-order valence-corrected chi connectivity index (χ1v) is 32.5. The summed E-state index contributed by atoms with van der Waals surface area (Å²) in [5.41, 5.74) is 0. The number of phosphoric ester groups is 1. The summed E-state index contributed by atoms with van der Waals surface area (Å²) in [6, 6.07) is 0. The minimum absolute atomic E-state index is 0.0313. The van der Waals surface area contributed by atoms with Gasteiger partial charge in [0.1, 0.15) is 19.8 Å². The maximum Gasteiger partial charge on any atom is 0.472 e. The Morgan fingerprint density at radius 1 is 0.432 bits per heavy atom. The topological polar surface area (TPSA) is 108 Å². The Hall–Kier alpha value is -2.29. The molecule has 0 aromatic carbocycles. The van der Waals surface area contributed by atoms with Gasteiger partial charge in [0.2, 0.25) is 0 Å². The largest absolute Gasteiger partial charge is 0.472 e.